The molecule has 0 unspecified atom stereocenters. The van der Waals surface area contributed by atoms with Crippen molar-refractivity contribution in [2.24, 2.45) is 5.41 Å². The highest BCUT2D eigenvalue weighted by molar-refractivity contribution is 7.13. The second-order valence-corrected chi connectivity index (χ2v) is 22.4. The number of carbonyl (C=O) groups is 3. The summed E-state index contributed by atoms with van der Waals surface area (Å²) in [4.78, 5) is 82.9. The zero-order valence-corrected chi connectivity index (χ0v) is 44.5. The van der Waals surface area contributed by atoms with E-state index < -0.39 is 29.2 Å². The molecule has 9 rings (SSSR count). The van der Waals surface area contributed by atoms with Gasteiger partial charge in [0.05, 0.1) is 41.0 Å². The number of thiazole rings is 1. The van der Waals surface area contributed by atoms with E-state index in [1.165, 1.54) is 15.8 Å². The van der Waals surface area contributed by atoms with Gasteiger partial charge in [0.15, 0.2) is 11.5 Å². The van der Waals surface area contributed by atoms with Crippen molar-refractivity contribution in [1.82, 2.24) is 54.6 Å². The van der Waals surface area contributed by atoms with E-state index in [0.29, 0.717) is 34.5 Å². The quantitative estimate of drug-likeness (QED) is 0.0810. The Morgan fingerprint density at radius 1 is 0.920 bits per heavy atom. The fraction of sp³-hybridized carbons (Fsp3) is 0.455. The van der Waals surface area contributed by atoms with Crippen LogP contribution in [0.15, 0.2) is 95.9 Å². The molecule has 2 aromatic carbocycles. The predicted molar refractivity (Wildman–Crippen MR) is 291 cm³/mol. The lowest BCUT2D eigenvalue weighted by molar-refractivity contribution is -0.144. The summed E-state index contributed by atoms with van der Waals surface area (Å²) in [5, 5.41) is 31.0. The third-order valence-electron chi connectivity index (χ3n) is 14.5. The maximum Gasteiger partial charge on any atom is 0.278 e. The number of nitrogens with one attached hydrogen (secondary N) is 3. The number of likely N-dealkylation sites (tertiary alicyclic amines) is 2. The number of carbonyl (C=O) groups excluding carboxylic acids is 3. The summed E-state index contributed by atoms with van der Waals surface area (Å²) in [5.74, 6) is -0.206. The van der Waals surface area contributed by atoms with Gasteiger partial charge in [-0.1, -0.05) is 57.2 Å². The smallest absolute Gasteiger partial charge is 0.278 e. The third-order valence-corrected chi connectivity index (χ3v) is 15.5. The lowest BCUT2D eigenvalue weighted by Gasteiger charge is -2.43. The average molecular weight is 1040 g/mol. The molecule has 6 aromatic rings. The number of hydrogen-bond donors (Lipinski definition) is 5. The van der Waals surface area contributed by atoms with Crippen LogP contribution in [0, 0.1) is 12.3 Å². The molecule has 0 saturated carbocycles. The Morgan fingerprint density at radius 2 is 1.64 bits per heavy atom. The molecule has 396 valence electrons. The molecule has 7 heterocycles. The lowest BCUT2D eigenvalue weighted by atomic mass is 9.85. The van der Waals surface area contributed by atoms with E-state index in [-0.39, 0.29) is 55.9 Å². The Balaban J connectivity index is 0.741. The van der Waals surface area contributed by atoms with Gasteiger partial charge in [-0.05, 0) is 86.6 Å². The molecule has 3 atom stereocenters. The van der Waals surface area contributed by atoms with Gasteiger partial charge in [0.25, 0.3) is 5.56 Å². The summed E-state index contributed by atoms with van der Waals surface area (Å²) in [5.41, 5.74) is 5.37. The van der Waals surface area contributed by atoms with Crippen molar-refractivity contribution in [2.45, 2.75) is 104 Å². The minimum atomic E-state index is -1.19. The number of nitrogens with zero attached hydrogens (tertiary/aromatic N) is 10. The van der Waals surface area contributed by atoms with E-state index in [9.17, 15) is 29.4 Å². The Kier molecular flexibility index (Phi) is 15.7. The zero-order valence-electron chi connectivity index (χ0n) is 43.7. The largest absolute Gasteiger partial charge is 0.391 e. The Labute approximate surface area is 441 Å². The molecule has 3 fully saturated rings. The molecular formula is C55H69N13O6S. The highest BCUT2D eigenvalue weighted by Crippen LogP contribution is 2.30. The van der Waals surface area contributed by atoms with Gasteiger partial charge in [0, 0.05) is 82.4 Å². The molecule has 4 aromatic heterocycles. The van der Waals surface area contributed by atoms with Crippen molar-refractivity contribution in [3.05, 3.63) is 118 Å². The molecule has 3 saturated heterocycles. The number of rotatable bonds is 16. The standard InChI is InChI=1S/C55H69N13O6S/c1-8-22-67-51(72)42-31-57-53(62-49(42)68(67)45-11-9-10-44(60-45)55(6,7)74)59-38-16-18-39(19-17-38)64-25-27-65(28-26-64)40-20-23-63(24-21-40)33-46(70)61-48(54(3,4)5)52(73)66-32-41(69)29-43(66)50(71)56-30-36-12-14-37(15-13-36)47-35(2)58-34-75-47/h8-19,31,34,40-41,43,48,69,74H,1,20-30,32-33H2,2-7H3,(H,56,71)(H,61,70)(H,57,59,62)/t41-,43+,48-/m1/s1. The Morgan fingerprint density at radius 3 is 2.29 bits per heavy atom. The fourth-order valence-electron chi connectivity index (χ4n) is 10.4. The maximum atomic E-state index is 14.3. The lowest BCUT2D eigenvalue weighted by Crippen LogP contribution is -2.59. The molecule has 75 heavy (non-hydrogen) atoms. The molecular weight excluding hydrogens is 971 g/mol. The van der Waals surface area contributed by atoms with E-state index in [1.54, 1.807) is 54.1 Å². The van der Waals surface area contributed by atoms with Crippen LogP contribution in [0.1, 0.15) is 70.8 Å². The van der Waals surface area contributed by atoms with Crippen LogP contribution in [0.5, 0.6) is 0 Å². The van der Waals surface area contributed by atoms with E-state index in [0.717, 1.165) is 85.2 Å². The number of hydrogen-bond acceptors (Lipinski definition) is 15. The number of aryl methyl sites for hydroxylation is 1. The first-order valence-electron chi connectivity index (χ1n) is 25.8. The molecule has 3 amide bonds. The van der Waals surface area contributed by atoms with Crippen molar-refractivity contribution >= 4 is 57.4 Å². The van der Waals surface area contributed by atoms with Crippen molar-refractivity contribution in [1.29, 1.82) is 0 Å². The first-order chi connectivity index (χ1) is 35.8. The number of piperazine rings is 1. The first kappa shape index (κ1) is 53.0. The SMILES string of the molecule is C=CCn1c(=O)c2cnc(Nc3ccc(N4CCN(C5CCN(CC(=O)N[C@H](C(=O)N6C[C@H](O)C[C@H]6C(=O)NCc6ccc(-c7scnc7C)cc6)C(C)(C)C)CC5)CC4)cc3)nc2n1-c1cccc(C(C)(C)O)n1. The third kappa shape index (κ3) is 12.0. The molecule has 0 spiro atoms. The number of β-amino-alcohol motifs (C(OH)–C–C–N with tert-alkyl or cyclic N) is 1. The normalized spacial score (nSPS) is 18.6. The average Bonchev–Trinajstić information content (AvgIpc) is 4.09. The molecule has 0 aliphatic carbocycles. The van der Waals surface area contributed by atoms with Gasteiger partial charge < -0.3 is 36.0 Å². The summed E-state index contributed by atoms with van der Waals surface area (Å²) in [6, 6.07) is 20.0. The van der Waals surface area contributed by atoms with E-state index in [1.807, 2.05) is 69.6 Å². The summed E-state index contributed by atoms with van der Waals surface area (Å²) in [7, 11) is 0. The number of aromatic nitrogens is 6. The minimum Gasteiger partial charge on any atom is -0.391 e. The molecule has 3 aliphatic heterocycles. The number of piperidine rings is 1. The van der Waals surface area contributed by atoms with Crippen LogP contribution < -0.4 is 26.4 Å². The monoisotopic (exact) mass is 1040 g/mol. The predicted octanol–water partition coefficient (Wildman–Crippen LogP) is 4.96. The topological polar surface area (TPSA) is 219 Å². The van der Waals surface area contributed by atoms with Gasteiger partial charge in [-0.3, -0.25) is 29.0 Å². The molecule has 20 heteroatoms. The zero-order chi connectivity index (χ0) is 53.2. The Hall–Kier alpha value is -6.84. The summed E-state index contributed by atoms with van der Waals surface area (Å²) < 4.78 is 3.14. The van der Waals surface area contributed by atoms with E-state index in [2.05, 4.69) is 64.3 Å². The van der Waals surface area contributed by atoms with Gasteiger partial charge in [0.1, 0.15) is 23.1 Å². The number of aliphatic hydroxyl groups is 2. The van der Waals surface area contributed by atoms with Gasteiger partial charge >= 0.3 is 0 Å². The maximum absolute atomic E-state index is 14.3. The second kappa shape index (κ2) is 22.2. The minimum absolute atomic E-state index is 0.0176. The number of allylic oxidation sites excluding steroid dienone is 1. The van der Waals surface area contributed by atoms with Crippen LogP contribution in [0.2, 0.25) is 0 Å². The molecule has 0 radical (unpaired) electrons. The van der Waals surface area contributed by atoms with Crippen molar-refractivity contribution in [3.8, 4) is 16.3 Å². The van der Waals surface area contributed by atoms with Gasteiger partial charge in [-0.25, -0.2) is 24.3 Å². The fourth-order valence-corrected chi connectivity index (χ4v) is 11.2. The van der Waals surface area contributed by atoms with Crippen LogP contribution >= 0.6 is 11.3 Å². The number of anilines is 3. The van der Waals surface area contributed by atoms with E-state index >= 15 is 0 Å². The van der Waals surface area contributed by atoms with Crippen LogP contribution in [0.3, 0.4) is 0 Å². The van der Waals surface area contributed by atoms with Crippen molar-refractivity contribution < 1.29 is 24.6 Å². The van der Waals surface area contributed by atoms with Gasteiger partial charge in [-0.2, -0.15) is 4.98 Å². The second-order valence-electron chi connectivity index (χ2n) is 21.5. The first-order valence-corrected chi connectivity index (χ1v) is 26.7. The summed E-state index contributed by atoms with van der Waals surface area (Å²) >= 11 is 1.58. The highest BCUT2D eigenvalue weighted by atomic mass is 32.1. The number of amides is 3. The highest BCUT2D eigenvalue weighted by Gasteiger charge is 2.45. The molecule has 19 nitrogen and oxygen atoms in total. The molecule has 0 bridgehead atoms. The molecule has 5 N–H and O–H groups in total. The summed E-state index contributed by atoms with van der Waals surface area (Å²) in [6.07, 6.45) is 4.28. The Bertz CT molecular complexity index is 3070. The summed E-state index contributed by atoms with van der Waals surface area (Å²) in [6.45, 7) is 20.6. The number of aliphatic hydroxyl groups excluding tert-OH is 1. The van der Waals surface area contributed by atoms with Crippen LogP contribution in [-0.4, -0.2) is 149 Å². The van der Waals surface area contributed by atoms with Crippen LogP contribution in [0.25, 0.3) is 27.3 Å². The van der Waals surface area contributed by atoms with Crippen LogP contribution in [-0.2, 0) is 33.1 Å². The van der Waals surface area contributed by atoms with Gasteiger partial charge in [-0.15, -0.1) is 17.9 Å². The number of pyridine rings is 1. The molecule has 3 aliphatic rings. The van der Waals surface area contributed by atoms with Gasteiger partial charge in [0.2, 0.25) is 23.7 Å². The number of fused-ring (bicyclic) bond motifs is 1. The van der Waals surface area contributed by atoms with E-state index in [4.69, 9.17) is 4.98 Å². The van der Waals surface area contributed by atoms with Crippen molar-refractivity contribution in [2.75, 3.05) is 62.6 Å². The van der Waals surface area contributed by atoms with Crippen LogP contribution in [0.4, 0.5) is 17.3 Å². The number of benzene rings is 2. The van der Waals surface area contributed by atoms with Crippen molar-refractivity contribution in [3.63, 3.8) is 0 Å².